The van der Waals surface area contributed by atoms with E-state index in [9.17, 15) is 9.50 Å². The molecule has 1 aromatic rings. The lowest BCUT2D eigenvalue weighted by atomic mass is 10.1. The van der Waals surface area contributed by atoms with Crippen LogP contribution in [0, 0.1) is 5.82 Å². The van der Waals surface area contributed by atoms with Crippen molar-refractivity contribution in [2.75, 3.05) is 13.2 Å². The molecule has 0 amide bonds. The summed E-state index contributed by atoms with van der Waals surface area (Å²) in [6.07, 6.45) is -0.910. The summed E-state index contributed by atoms with van der Waals surface area (Å²) in [4.78, 5) is 0. The molecule has 0 aliphatic heterocycles. The van der Waals surface area contributed by atoms with Gasteiger partial charge in [0.1, 0.15) is 11.9 Å². The number of halogens is 2. The molecule has 0 aromatic heterocycles. The molecule has 0 bridgehead atoms. The molecular formula is C10H12BrFO2. The predicted octanol–water partition coefficient (Wildman–Crippen LogP) is 2.66. The number of rotatable bonds is 4. The second kappa shape index (κ2) is 5.44. The second-order valence-electron chi connectivity index (χ2n) is 2.82. The number of ether oxygens (including phenoxy) is 1. The van der Waals surface area contributed by atoms with Crippen LogP contribution < -0.4 is 0 Å². The summed E-state index contributed by atoms with van der Waals surface area (Å²) in [6, 6.07) is 4.81. The first-order valence-corrected chi connectivity index (χ1v) is 5.15. The van der Waals surface area contributed by atoms with Gasteiger partial charge in [0.2, 0.25) is 0 Å². The molecule has 0 heterocycles. The molecule has 2 nitrogen and oxygen atoms in total. The van der Waals surface area contributed by atoms with Gasteiger partial charge in [-0.25, -0.2) is 4.39 Å². The minimum atomic E-state index is -0.910. The Labute approximate surface area is 90.8 Å². The van der Waals surface area contributed by atoms with Crippen LogP contribution in [0.1, 0.15) is 18.6 Å². The highest BCUT2D eigenvalue weighted by Gasteiger charge is 2.14. The van der Waals surface area contributed by atoms with Crippen LogP contribution in [0.25, 0.3) is 0 Å². The molecule has 4 heteroatoms. The van der Waals surface area contributed by atoms with E-state index in [4.69, 9.17) is 4.74 Å². The number of benzene rings is 1. The zero-order chi connectivity index (χ0) is 10.6. The minimum Gasteiger partial charge on any atom is -0.386 e. The number of hydrogen-bond acceptors (Lipinski definition) is 2. The lowest BCUT2D eigenvalue weighted by Gasteiger charge is -2.12. The first-order valence-electron chi connectivity index (χ1n) is 4.36. The van der Waals surface area contributed by atoms with Gasteiger partial charge in [0.05, 0.1) is 11.1 Å². The van der Waals surface area contributed by atoms with Crippen molar-refractivity contribution in [2.24, 2.45) is 0 Å². The molecule has 0 fully saturated rings. The fourth-order valence-electron chi connectivity index (χ4n) is 1.10. The van der Waals surface area contributed by atoms with Gasteiger partial charge in [-0.2, -0.15) is 0 Å². The molecular weight excluding hydrogens is 251 g/mol. The second-order valence-corrected chi connectivity index (χ2v) is 3.67. The Hall–Kier alpha value is -0.450. The van der Waals surface area contributed by atoms with Crippen LogP contribution in [0.5, 0.6) is 0 Å². The topological polar surface area (TPSA) is 29.5 Å². The van der Waals surface area contributed by atoms with Crippen LogP contribution in [-0.4, -0.2) is 18.3 Å². The van der Waals surface area contributed by atoms with Crippen molar-refractivity contribution in [3.05, 3.63) is 34.1 Å². The van der Waals surface area contributed by atoms with Crippen LogP contribution in [0.2, 0.25) is 0 Å². The molecule has 0 aliphatic rings. The van der Waals surface area contributed by atoms with Crippen LogP contribution in [0.4, 0.5) is 4.39 Å². The molecule has 78 valence electrons. The monoisotopic (exact) mass is 262 g/mol. The Balaban J connectivity index is 2.79. The standard InChI is InChI=1S/C10H12BrFO2/c1-2-14-6-9(13)7-4-3-5-8(11)10(7)12/h3-5,9,13H,2,6H2,1H3. The van der Waals surface area contributed by atoms with Crippen LogP contribution in [0.15, 0.2) is 22.7 Å². The summed E-state index contributed by atoms with van der Waals surface area (Å²) in [7, 11) is 0. The maximum absolute atomic E-state index is 13.4. The van der Waals surface area contributed by atoms with E-state index in [1.54, 1.807) is 18.2 Å². The zero-order valence-corrected chi connectivity index (χ0v) is 9.42. The van der Waals surface area contributed by atoms with Crippen LogP contribution in [-0.2, 0) is 4.74 Å². The van der Waals surface area contributed by atoms with E-state index in [0.717, 1.165) is 0 Å². The molecule has 0 saturated heterocycles. The normalized spacial score (nSPS) is 12.9. The molecule has 1 aromatic carbocycles. The predicted molar refractivity (Wildman–Crippen MR) is 55.6 cm³/mol. The van der Waals surface area contributed by atoms with Crippen molar-refractivity contribution >= 4 is 15.9 Å². The Morgan fingerprint density at radius 2 is 2.29 bits per heavy atom. The summed E-state index contributed by atoms with van der Waals surface area (Å²) < 4.78 is 18.8. The molecule has 14 heavy (non-hydrogen) atoms. The average Bonchev–Trinajstić information content (AvgIpc) is 2.18. The highest BCUT2D eigenvalue weighted by atomic mass is 79.9. The van der Waals surface area contributed by atoms with E-state index in [-0.39, 0.29) is 12.2 Å². The summed E-state index contributed by atoms with van der Waals surface area (Å²) >= 11 is 3.06. The molecule has 1 atom stereocenters. The van der Waals surface area contributed by atoms with Gasteiger partial charge in [0.15, 0.2) is 0 Å². The Morgan fingerprint density at radius 3 is 2.93 bits per heavy atom. The molecule has 1 unspecified atom stereocenters. The largest absolute Gasteiger partial charge is 0.386 e. The van der Waals surface area contributed by atoms with Gasteiger partial charge < -0.3 is 9.84 Å². The van der Waals surface area contributed by atoms with Gasteiger partial charge in [-0.3, -0.25) is 0 Å². The van der Waals surface area contributed by atoms with Crippen molar-refractivity contribution in [3.8, 4) is 0 Å². The fourth-order valence-corrected chi connectivity index (χ4v) is 1.48. The van der Waals surface area contributed by atoms with Crippen molar-refractivity contribution in [2.45, 2.75) is 13.0 Å². The maximum atomic E-state index is 13.4. The minimum absolute atomic E-state index is 0.115. The van der Waals surface area contributed by atoms with E-state index in [1.807, 2.05) is 6.92 Å². The quantitative estimate of drug-likeness (QED) is 0.904. The smallest absolute Gasteiger partial charge is 0.143 e. The maximum Gasteiger partial charge on any atom is 0.143 e. The van der Waals surface area contributed by atoms with E-state index < -0.39 is 11.9 Å². The van der Waals surface area contributed by atoms with Crippen molar-refractivity contribution in [1.29, 1.82) is 0 Å². The van der Waals surface area contributed by atoms with Crippen molar-refractivity contribution in [1.82, 2.24) is 0 Å². The van der Waals surface area contributed by atoms with Gasteiger partial charge in [0.25, 0.3) is 0 Å². The fraction of sp³-hybridized carbons (Fsp3) is 0.400. The Bertz CT molecular complexity index is 304. The molecule has 0 radical (unpaired) electrons. The molecule has 1 rings (SSSR count). The molecule has 0 aliphatic carbocycles. The molecule has 0 spiro atoms. The molecule has 0 saturated carbocycles. The lowest BCUT2D eigenvalue weighted by molar-refractivity contribution is 0.0401. The van der Waals surface area contributed by atoms with Crippen LogP contribution >= 0.6 is 15.9 Å². The summed E-state index contributed by atoms with van der Waals surface area (Å²) in [5.74, 6) is -0.431. The van der Waals surface area contributed by atoms with E-state index in [2.05, 4.69) is 15.9 Å². The van der Waals surface area contributed by atoms with Gasteiger partial charge in [0, 0.05) is 12.2 Å². The third-order valence-electron chi connectivity index (χ3n) is 1.82. The third-order valence-corrected chi connectivity index (χ3v) is 2.43. The van der Waals surface area contributed by atoms with Gasteiger partial charge >= 0.3 is 0 Å². The van der Waals surface area contributed by atoms with Gasteiger partial charge in [-0.15, -0.1) is 0 Å². The highest BCUT2D eigenvalue weighted by molar-refractivity contribution is 9.10. The van der Waals surface area contributed by atoms with E-state index in [1.165, 1.54) is 0 Å². The van der Waals surface area contributed by atoms with Crippen molar-refractivity contribution in [3.63, 3.8) is 0 Å². The summed E-state index contributed by atoms with van der Waals surface area (Å²) in [5, 5.41) is 9.57. The first kappa shape index (κ1) is 11.6. The van der Waals surface area contributed by atoms with Crippen LogP contribution in [0.3, 0.4) is 0 Å². The SMILES string of the molecule is CCOCC(O)c1cccc(Br)c1F. The lowest BCUT2D eigenvalue weighted by Crippen LogP contribution is -2.09. The molecule has 1 N–H and O–H groups in total. The third kappa shape index (κ3) is 2.77. The highest BCUT2D eigenvalue weighted by Crippen LogP contribution is 2.23. The number of aliphatic hydroxyl groups excluding tert-OH is 1. The average molecular weight is 263 g/mol. The Kier molecular flexibility index (Phi) is 4.51. The number of hydrogen-bond donors (Lipinski definition) is 1. The summed E-state index contributed by atoms with van der Waals surface area (Å²) in [6.45, 7) is 2.44. The van der Waals surface area contributed by atoms with E-state index in [0.29, 0.717) is 11.1 Å². The van der Waals surface area contributed by atoms with Crippen molar-refractivity contribution < 1.29 is 14.2 Å². The Morgan fingerprint density at radius 1 is 1.57 bits per heavy atom. The van der Waals surface area contributed by atoms with Gasteiger partial charge in [-0.05, 0) is 28.9 Å². The van der Waals surface area contributed by atoms with E-state index >= 15 is 0 Å². The summed E-state index contributed by atoms with van der Waals surface area (Å²) in [5.41, 5.74) is 0.257. The number of aliphatic hydroxyl groups is 1. The first-order chi connectivity index (χ1) is 6.66. The zero-order valence-electron chi connectivity index (χ0n) is 7.84. The van der Waals surface area contributed by atoms with Gasteiger partial charge in [-0.1, -0.05) is 12.1 Å².